The molecule has 0 radical (unpaired) electrons. The van der Waals surface area contributed by atoms with Crippen molar-refractivity contribution in [1.82, 2.24) is 14.9 Å². The summed E-state index contributed by atoms with van der Waals surface area (Å²) in [6.07, 6.45) is 10.4. The number of aromatic nitrogens is 2. The van der Waals surface area contributed by atoms with E-state index >= 15 is 0 Å². The van der Waals surface area contributed by atoms with Gasteiger partial charge in [-0.05, 0) is 31.6 Å². The number of piperidine rings is 1. The molecule has 0 spiro atoms. The van der Waals surface area contributed by atoms with E-state index in [1.54, 1.807) is 19.3 Å². The third-order valence-electron chi connectivity index (χ3n) is 5.47. The largest absolute Gasteiger partial charge is 0.390 e. The van der Waals surface area contributed by atoms with Gasteiger partial charge in [0.2, 0.25) is 5.91 Å². The van der Waals surface area contributed by atoms with Gasteiger partial charge in [0.25, 0.3) is 0 Å². The van der Waals surface area contributed by atoms with Crippen LogP contribution >= 0.6 is 0 Å². The fourth-order valence-electron chi connectivity index (χ4n) is 4.12. The van der Waals surface area contributed by atoms with E-state index < -0.39 is 0 Å². The number of nitrogens with zero attached hydrogens (tertiary/aromatic N) is 4. The second-order valence-electron chi connectivity index (χ2n) is 6.98. The van der Waals surface area contributed by atoms with Crippen molar-refractivity contribution < 1.29 is 9.90 Å². The standard InChI is InChI=1S/C18H28N4O2/c1-14(24)22-8-4-2-3-5-17(22)15-6-9-21(10-7-15)18-12-19-16(13-23)11-20-18/h11-12,15,17,23H,2-10,13H2,1H3. The molecule has 3 heterocycles. The summed E-state index contributed by atoms with van der Waals surface area (Å²) in [5.74, 6) is 1.71. The second kappa shape index (κ2) is 7.92. The Labute approximate surface area is 143 Å². The molecule has 0 saturated carbocycles. The lowest BCUT2D eigenvalue weighted by molar-refractivity contribution is -0.132. The van der Waals surface area contributed by atoms with E-state index in [0.717, 1.165) is 51.1 Å². The van der Waals surface area contributed by atoms with Gasteiger partial charge in [0.05, 0.1) is 24.7 Å². The number of amides is 1. The number of hydrogen-bond acceptors (Lipinski definition) is 5. The molecule has 0 bridgehead atoms. The van der Waals surface area contributed by atoms with Gasteiger partial charge in [-0.15, -0.1) is 0 Å². The van der Waals surface area contributed by atoms with Crippen molar-refractivity contribution in [2.75, 3.05) is 24.5 Å². The molecule has 6 nitrogen and oxygen atoms in total. The Balaban J connectivity index is 1.61. The van der Waals surface area contributed by atoms with Crippen LogP contribution in [0.1, 0.15) is 51.1 Å². The summed E-state index contributed by atoms with van der Waals surface area (Å²) in [4.78, 5) is 25.0. The number of likely N-dealkylation sites (tertiary alicyclic amines) is 1. The van der Waals surface area contributed by atoms with E-state index in [2.05, 4.69) is 19.8 Å². The number of aliphatic hydroxyl groups excluding tert-OH is 1. The highest BCUT2D eigenvalue weighted by Gasteiger charge is 2.32. The molecule has 24 heavy (non-hydrogen) atoms. The van der Waals surface area contributed by atoms with Gasteiger partial charge < -0.3 is 14.9 Å². The monoisotopic (exact) mass is 332 g/mol. The summed E-state index contributed by atoms with van der Waals surface area (Å²) < 4.78 is 0. The zero-order valence-corrected chi connectivity index (χ0v) is 14.5. The second-order valence-corrected chi connectivity index (χ2v) is 6.98. The molecule has 3 rings (SSSR count). The van der Waals surface area contributed by atoms with E-state index in [9.17, 15) is 4.79 Å². The molecular formula is C18H28N4O2. The van der Waals surface area contributed by atoms with Crippen molar-refractivity contribution in [3.63, 3.8) is 0 Å². The molecule has 1 aromatic heterocycles. The lowest BCUT2D eigenvalue weighted by Crippen LogP contribution is -2.47. The predicted octanol–water partition coefficient (Wildman–Crippen LogP) is 1.98. The first kappa shape index (κ1) is 17.1. The average Bonchev–Trinajstić information content (AvgIpc) is 2.88. The number of anilines is 1. The highest BCUT2D eigenvalue weighted by atomic mass is 16.3. The normalized spacial score (nSPS) is 23.2. The number of carbonyl (C=O) groups is 1. The van der Waals surface area contributed by atoms with Crippen LogP contribution in [0, 0.1) is 5.92 Å². The fraction of sp³-hybridized carbons (Fsp3) is 0.722. The lowest BCUT2D eigenvalue weighted by atomic mass is 9.86. The molecule has 1 atom stereocenters. The summed E-state index contributed by atoms with van der Waals surface area (Å²) >= 11 is 0. The molecule has 2 aliphatic heterocycles. The van der Waals surface area contributed by atoms with Crippen LogP contribution in [0.4, 0.5) is 5.82 Å². The molecule has 1 unspecified atom stereocenters. The highest BCUT2D eigenvalue weighted by molar-refractivity contribution is 5.73. The summed E-state index contributed by atoms with van der Waals surface area (Å²) in [7, 11) is 0. The van der Waals surface area contributed by atoms with Crippen LogP contribution in [0.5, 0.6) is 0 Å². The molecule has 2 aliphatic rings. The van der Waals surface area contributed by atoms with Crippen LogP contribution in [-0.2, 0) is 11.4 Å². The minimum absolute atomic E-state index is 0.0715. The zero-order valence-electron chi connectivity index (χ0n) is 14.5. The van der Waals surface area contributed by atoms with Gasteiger partial charge >= 0.3 is 0 Å². The lowest BCUT2D eigenvalue weighted by Gasteiger charge is -2.40. The van der Waals surface area contributed by atoms with Crippen molar-refractivity contribution in [2.45, 2.75) is 58.1 Å². The summed E-state index contributed by atoms with van der Waals surface area (Å²) in [5.41, 5.74) is 0.601. The van der Waals surface area contributed by atoms with Crippen molar-refractivity contribution in [3.05, 3.63) is 18.1 Å². The van der Waals surface area contributed by atoms with Crippen molar-refractivity contribution in [1.29, 1.82) is 0 Å². The highest BCUT2D eigenvalue weighted by Crippen LogP contribution is 2.31. The first-order valence-corrected chi connectivity index (χ1v) is 9.13. The Kier molecular flexibility index (Phi) is 5.66. The van der Waals surface area contributed by atoms with E-state index in [0.29, 0.717) is 17.7 Å². The SMILES string of the molecule is CC(=O)N1CCCCCC1C1CCN(c2cnc(CO)cn2)CC1. The van der Waals surface area contributed by atoms with Crippen LogP contribution in [0.25, 0.3) is 0 Å². The van der Waals surface area contributed by atoms with Crippen LogP contribution in [0.2, 0.25) is 0 Å². The molecule has 1 aromatic rings. The topological polar surface area (TPSA) is 69.6 Å². The van der Waals surface area contributed by atoms with E-state index in [1.807, 2.05) is 0 Å². The van der Waals surface area contributed by atoms with Crippen molar-refractivity contribution in [2.24, 2.45) is 5.92 Å². The van der Waals surface area contributed by atoms with Gasteiger partial charge in [-0.2, -0.15) is 0 Å². The van der Waals surface area contributed by atoms with Crippen LogP contribution < -0.4 is 4.90 Å². The molecule has 132 valence electrons. The third kappa shape index (κ3) is 3.86. The molecule has 0 aromatic carbocycles. The maximum atomic E-state index is 12.0. The maximum absolute atomic E-state index is 12.0. The quantitative estimate of drug-likeness (QED) is 0.916. The van der Waals surface area contributed by atoms with E-state index in [1.165, 1.54) is 12.8 Å². The predicted molar refractivity (Wildman–Crippen MR) is 92.5 cm³/mol. The summed E-state index contributed by atoms with van der Waals surface area (Å²) in [6, 6.07) is 0.412. The fourth-order valence-corrected chi connectivity index (χ4v) is 4.12. The number of rotatable bonds is 3. The smallest absolute Gasteiger partial charge is 0.219 e. The van der Waals surface area contributed by atoms with Crippen LogP contribution in [-0.4, -0.2) is 51.6 Å². The van der Waals surface area contributed by atoms with Crippen LogP contribution in [0.15, 0.2) is 12.4 Å². The number of hydrogen-bond donors (Lipinski definition) is 1. The minimum Gasteiger partial charge on any atom is -0.390 e. The summed E-state index contributed by atoms with van der Waals surface area (Å²) in [5, 5.41) is 9.06. The Morgan fingerprint density at radius 2 is 1.92 bits per heavy atom. The molecule has 1 amide bonds. The maximum Gasteiger partial charge on any atom is 0.219 e. The van der Waals surface area contributed by atoms with Crippen LogP contribution in [0.3, 0.4) is 0 Å². The van der Waals surface area contributed by atoms with Crippen molar-refractivity contribution in [3.8, 4) is 0 Å². The Hall–Kier alpha value is -1.69. The Bertz CT molecular complexity index is 540. The van der Waals surface area contributed by atoms with E-state index in [4.69, 9.17) is 5.11 Å². The zero-order chi connectivity index (χ0) is 16.9. The molecule has 6 heteroatoms. The van der Waals surface area contributed by atoms with Gasteiger partial charge in [0.15, 0.2) is 0 Å². The molecular weight excluding hydrogens is 304 g/mol. The first-order chi connectivity index (χ1) is 11.7. The molecule has 1 N–H and O–H groups in total. The molecule has 2 saturated heterocycles. The van der Waals surface area contributed by atoms with Gasteiger partial charge in [-0.3, -0.25) is 9.78 Å². The first-order valence-electron chi connectivity index (χ1n) is 9.13. The van der Waals surface area contributed by atoms with Gasteiger partial charge in [0, 0.05) is 32.6 Å². The van der Waals surface area contributed by atoms with Gasteiger partial charge in [-0.25, -0.2) is 4.98 Å². The van der Waals surface area contributed by atoms with Crippen molar-refractivity contribution >= 4 is 11.7 Å². The summed E-state index contributed by atoms with van der Waals surface area (Å²) in [6.45, 7) is 4.48. The number of aliphatic hydroxyl groups is 1. The minimum atomic E-state index is -0.0715. The van der Waals surface area contributed by atoms with E-state index in [-0.39, 0.29) is 12.5 Å². The Morgan fingerprint density at radius 3 is 2.54 bits per heavy atom. The Morgan fingerprint density at radius 1 is 1.12 bits per heavy atom. The molecule has 2 fully saturated rings. The van der Waals surface area contributed by atoms with Gasteiger partial charge in [-0.1, -0.05) is 12.8 Å². The van der Waals surface area contributed by atoms with Gasteiger partial charge in [0.1, 0.15) is 5.82 Å². The molecule has 0 aliphatic carbocycles. The average molecular weight is 332 g/mol. The third-order valence-corrected chi connectivity index (χ3v) is 5.47. The number of carbonyl (C=O) groups excluding carboxylic acids is 1.